The Morgan fingerprint density at radius 1 is 1.60 bits per heavy atom. The van der Waals surface area contributed by atoms with Crippen molar-refractivity contribution in [2.75, 3.05) is 6.61 Å². The molecule has 5 heteroatoms. The van der Waals surface area contributed by atoms with Crippen LogP contribution in [-0.4, -0.2) is 22.9 Å². The maximum absolute atomic E-state index is 8.81. The second-order valence-corrected chi connectivity index (χ2v) is 4.25. The Morgan fingerprint density at radius 3 is 3.13 bits per heavy atom. The SMILES string of the molecule is NC(CO)Cc1cc(-c2cccs2)on1. The van der Waals surface area contributed by atoms with Crippen molar-refractivity contribution in [2.45, 2.75) is 12.5 Å². The summed E-state index contributed by atoms with van der Waals surface area (Å²) in [7, 11) is 0. The molecule has 2 rings (SSSR count). The maximum Gasteiger partial charge on any atom is 0.177 e. The minimum atomic E-state index is -0.272. The molecule has 0 radical (unpaired) electrons. The average molecular weight is 224 g/mol. The molecule has 2 aromatic rings. The first-order valence-electron chi connectivity index (χ1n) is 4.65. The zero-order chi connectivity index (χ0) is 10.7. The van der Waals surface area contributed by atoms with Gasteiger partial charge in [-0.25, -0.2) is 0 Å². The number of hydrogen-bond donors (Lipinski definition) is 2. The third kappa shape index (κ3) is 2.44. The van der Waals surface area contributed by atoms with Crippen molar-refractivity contribution in [1.82, 2.24) is 5.16 Å². The Labute approximate surface area is 91.3 Å². The highest BCUT2D eigenvalue weighted by Gasteiger charge is 2.10. The lowest BCUT2D eigenvalue weighted by molar-refractivity contribution is 0.263. The van der Waals surface area contributed by atoms with E-state index in [0.29, 0.717) is 6.42 Å². The van der Waals surface area contributed by atoms with Gasteiger partial charge in [0.2, 0.25) is 0 Å². The predicted octanol–water partition coefficient (Wildman–Crippen LogP) is 1.27. The molecule has 0 aliphatic heterocycles. The Morgan fingerprint density at radius 2 is 2.47 bits per heavy atom. The van der Waals surface area contributed by atoms with Crippen molar-refractivity contribution in [2.24, 2.45) is 5.73 Å². The van der Waals surface area contributed by atoms with Crippen molar-refractivity contribution in [3.8, 4) is 10.6 Å². The summed E-state index contributed by atoms with van der Waals surface area (Å²) in [6, 6.07) is 5.52. The maximum atomic E-state index is 8.81. The van der Waals surface area contributed by atoms with Crippen LogP contribution >= 0.6 is 11.3 Å². The third-order valence-corrected chi connectivity index (χ3v) is 2.91. The molecule has 0 aliphatic rings. The summed E-state index contributed by atoms with van der Waals surface area (Å²) in [6.07, 6.45) is 0.533. The quantitative estimate of drug-likeness (QED) is 0.820. The summed E-state index contributed by atoms with van der Waals surface area (Å²) >= 11 is 1.60. The van der Waals surface area contributed by atoms with Crippen LogP contribution in [0, 0.1) is 0 Å². The molecular weight excluding hydrogens is 212 g/mol. The number of nitrogens with zero attached hydrogens (tertiary/aromatic N) is 1. The summed E-state index contributed by atoms with van der Waals surface area (Å²) in [5.41, 5.74) is 6.38. The summed E-state index contributed by atoms with van der Waals surface area (Å²) in [6.45, 7) is -0.0405. The van der Waals surface area contributed by atoms with E-state index in [4.69, 9.17) is 15.4 Å². The molecule has 0 aromatic carbocycles. The molecule has 4 nitrogen and oxygen atoms in total. The summed E-state index contributed by atoms with van der Waals surface area (Å²) in [5, 5.41) is 14.7. The monoisotopic (exact) mass is 224 g/mol. The smallest absolute Gasteiger partial charge is 0.177 e. The molecule has 0 fully saturated rings. The number of aliphatic hydroxyl groups excluding tert-OH is 1. The largest absolute Gasteiger partial charge is 0.395 e. The number of aliphatic hydroxyl groups is 1. The molecule has 3 N–H and O–H groups in total. The Hall–Kier alpha value is -1.17. The highest BCUT2D eigenvalue weighted by atomic mass is 32.1. The topological polar surface area (TPSA) is 72.3 Å². The fourth-order valence-electron chi connectivity index (χ4n) is 1.28. The minimum absolute atomic E-state index is 0.0405. The first kappa shape index (κ1) is 10.4. The molecule has 0 saturated heterocycles. The van der Waals surface area contributed by atoms with Crippen LogP contribution in [0.2, 0.25) is 0 Å². The van der Waals surface area contributed by atoms with E-state index in [2.05, 4.69) is 5.16 Å². The molecule has 0 saturated carbocycles. The van der Waals surface area contributed by atoms with Gasteiger partial charge in [-0.3, -0.25) is 0 Å². The van der Waals surface area contributed by atoms with Gasteiger partial charge in [-0.15, -0.1) is 11.3 Å². The Kier molecular flexibility index (Phi) is 3.15. The van der Waals surface area contributed by atoms with Crippen LogP contribution in [0.25, 0.3) is 10.6 Å². The zero-order valence-electron chi connectivity index (χ0n) is 8.09. The Balaban J connectivity index is 2.11. The molecular formula is C10H12N2O2S. The highest BCUT2D eigenvalue weighted by Crippen LogP contribution is 2.25. The van der Waals surface area contributed by atoms with Gasteiger partial charge >= 0.3 is 0 Å². The molecule has 0 aliphatic carbocycles. The number of thiophene rings is 1. The van der Waals surface area contributed by atoms with Crippen LogP contribution in [0.3, 0.4) is 0 Å². The number of aromatic nitrogens is 1. The molecule has 15 heavy (non-hydrogen) atoms. The third-order valence-electron chi connectivity index (χ3n) is 2.03. The standard InChI is InChI=1S/C10H12N2O2S/c11-7(6-13)4-8-5-9(14-12-8)10-2-1-3-15-10/h1-3,5,7,13H,4,6,11H2. The normalized spacial score (nSPS) is 12.9. The van der Waals surface area contributed by atoms with Gasteiger partial charge in [0.15, 0.2) is 5.76 Å². The van der Waals surface area contributed by atoms with Gasteiger partial charge in [0.05, 0.1) is 17.2 Å². The molecule has 0 amide bonds. The van der Waals surface area contributed by atoms with E-state index in [0.717, 1.165) is 16.3 Å². The molecule has 2 aromatic heterocycles. The average Bonchev–Trinajstić information content (AvgIpc) is 2.85. The Bertz CT molecular complexity index is 411. The number of nitrogens with two attached hydrogens (primary N) is 1. The van der Waals surface area contributed by atoms with E-state index < -0.39 is 0 Å². The fraction of sp³-hybridized carbons (Fsp3) is 0.300. The van der Waals surface area contributed by atoms with Crippen molar-refractivity contribution in [3.63, 3.8) is 0 Å². The first-order valence-corrected chi connectivity index (χ1v) is 5.53. The highest BCUT2D eigenvalue weighted by molar-refractivity contribution is 7.13. The van der Waals surface area contributed by atoms with Crippen molar-refractivity contribution >= 4 is 11.3 Å². The van der Waals surface area contributed by atoms with Gasteiger partial charge in [-0.1, -0.05) is 11.2 Å². The van der Waals surface area contributed by atoms with Gasteiger partial charge in [0.1, 0.15) is 0 Å². The molecule has 1 atom stereocenters. The van der Waals surface area contributed by atoms with E-state index in [9.17, 15) is 0 Å². The minimum Gasteiger partial charge on any atom is -0.395 e. The van der Waals surface area contributed by atoms with E-state index in [1.54, 1.807) is 11.3 Å². The molecule has 1 unspecified atom stereocenters. The van der Waals surface area contributed by atoms with Crippen LogP contribution in [0.4, 0.5) is 0 Å². The van der Waals surface area contributed by atoms with Crippen molar-refractivity contribution in [1.29, 1.82) is 0 Å². The first-order chi connectivity index (χ1) is 7.29. The molecule has 2 heterocycles. The second kappa shape index (κ2) is 4.57. The molecule has 0 spiro atoms. The zero-order valence-corrected chi connectivity index (χ0v) is 8.91. The van der Waals surface area contributed by atoms with E-state index >= 15 is 0 Å². The van der Waals surface area contributed by atoms with Crippen LogP contribution in [0.5, 0.6) is 0 Å². The fourth-order valence-corrected chi connectivity index (χ4v) is 1.95. The van der Waals surface area contributed by atoms with Crippen LogP contribution in [-0.2, 0) is 6.42 Å². The van der Waals surface area contributed by atoms with Crippen LogP contribution < -0.4 is 5.73 Å². The van der Waals surface area contributed by atoms with Gasteiger partial charge in [-0.2, -0.15) is 0 Å². The van der Waals surface area contributed by atoms with Crippen molar-refractivity contribution in [3.05, 3.63) is 29.3 Å². The van der Waals surface area contributed by atoms with Crippen molar-refractivity contribution < 1.29 is 9.63 Å². The summed E-state index contributed by atoms with van der Waals surface area (Å²) in [4.78, 5) is 1.05. The number of hydrogen-bond acceptors (Lipinski definition) is 5. The van der Waals surface area contributed by atoms with E-state index in [1.165, 1.54) is 0 Å². The lowest BCUT2D eigenvalue weighted by Crippen LogP contribution is -2.26. The molecule has 0 bridgehead atoms. The van der Waals surface area contributed by atoms with E-state index in [1.807, 2.05) is 23.6 Å². The summed E-state index contributed by atoms with van der Waals surface area (Å²) < 4.78 is 5.18. The van der Waals surface area contributed by atoms with Gasteiger partial charge in [-0.05, 0) is 11.4 Å². The van der Waals surface area contributed by atoms with Gasteiger partial charge in [0.25, 0.3) is 0 Å². The van der Waals surface area contributed by atoms with Crippen LogP contribution in [0.15, 0.2) is 28.1 Å². The number of rotatable bonds is 4. The lowest BCUT2D eigenvalue weighted by atomic mass is 10.2. The lowest BCUT2D eigenvalue weighted by Gasteiger charge is -2.02. The van der Waals surface area contributed by atoms with E-state index in [-0.39, 0.29) is 12.6 Å². The predicted molar refractivity (Wildman–Crippen MR) is 58.6 cm³/mol. The van der Waals surface area contributed by atoms with Gasteiger partial charge < -0.3 is 15.4 Å². The summed E-state index contributed by atoms with van der Waals surface area (Å²) in [5.74, 6) is 0.755. The second-order valence-electron chi connectivity index (χ2n) is 3.31. The van der Waals surface area contributed by atoms with Crippen LogP contribution in [0.1, 0.15) is 5.69 Å². The van der Waals surface area contributed by atoms with Gasteiger partial charge in [0, 0.05) is 18.5 Å². The molecule has 80 valence electrons.